The molecule has 0 radical (unpaired) electrons. The quantitative estimate of drug-likeness (QED) is 0.306. The number of halogens is 1. The summed E-state index contributed by atoms with van der Waals surface area (Å²) in [5.74, 6) is 1.96. The van der Waals surface area contributed by atoms with Gasteiger partial charge in [0.05, 0.1) is 0 Å². The maximum atomic E-state index is 6.21. The van der Waals surface area contributed by atoms with Crippen LogP contribution < -0.4 is 10.1 Å². The molecule has 1 aliphatic rings. The Balaban J connectivity index is 1.51. The van der Waals surface area contributed by atoms with E-state index < -0.39 is 0 Å². The largest absolute Gasteiger partial charge is 0.489 e. The molecule has 1 aliphatic carbocycles. The van der Waals surface area contributed by atoms with E-state index in [9.17, 15) is 0 Å². The molecule has 0 aliphatic heterocycles. The van der Waals surface area contributed by atoms with Crippen molar-refractivity contribution in [3.05, 3.63) is 82.5 Å². The minimum atomic E-state index is 0.487. The van der Waals surface area contributed by atoms with E-state index >= 15 is 0 Å². The number of hydrogen-bond acceptors (Lipinski definition) is 3. The molecule has 5 heteroatoms. The molecule has 1 saturated carbocycles. The van der Waals surface area contributed by atoms with E-state index in [2.05, 4.69) is 75.2 Å². The first kappa shape index (κ1) is 21.1. The predicted molar refractivity (Wildman–Crippen MR) is 134 cm³/mol. The van der Waals surface area contributed by atoms with Crippen LogP contribution in [0.1, 0.15) is 43.2 Å². The van der Waals surface area contributed by atoms with E-state index in [0.717, 1.165) is 44.1 Å². The molecule has 2 heterocycles. The minimum absolute atomic E-state index is 0.487. The zero-order valence-corrected chi connectivity index (χ0v) is 19.9. The van der Waals surface area contributed by atoms with E-state index in [1.54, 1.807) is 0 Å². The molecular weight excluding hydrogens is 462 g/mol. The van der Waals surface area contributed by atoms with Gasteiger partial charge in [0.1, 0.15) is 29.5 Å². The van der Waals surface area contributed by atoms with Crippen molar-refractivity contribution in [2.24, 2.45) is 0 Å². The Morgan fingerprint density at radius 3 is 2.66 bits per heavy atom. The highest BCUT2D eigenvalue weighted by atomic mass is 79.9. The molecule has 2 aromatic carbocycles. The van der Waals surface area contributed by atoms with Gasteiger partial charge in [-0.1, -0.05) is 61.7 Å². The van der Waals surface area contributed by atoms with E-state index in [1.807, 2.05) is 24.3 Å². The van der Waals surface area contributed by atoms with E-state index in [1.165, 1.54) is 32.1 Å². The highest BCUT2D eigenvalue weighted by molar-refractivity contribution is 9.10. The third kappa shape index (κ3) is 4.53. The Labute approximate surface area is 197 Å². The zero-order chi connectivity index (χ0) is 21.9. The summed E-state index contributed by atoms with van der Waals surface area (Å²) in [6, 6.07) is 21.3. The summed E-state index contributed by atoms with van der Waals surface area (Å²) in [4.78, 5) is 5.00. The van der Waals surface area contributed by atoms with Gasteiger partial charge in [-0.15, -0.1) is 0 Å². The van der Waals surface area contributed by atoms with Crippen LogP contribution in [0.4, 0.5) is 5.82 Å². The Bertz CT molecular complexity index is 1210. The average molecular weight is 490 g/mol. The number of aryl methyl sites for hydroxylation is 1. The number of fused-ring (bicyclic) bond motifs is 1. The fraction of sp³-hybridized carbons (Fsp3) is 0.296. The molecular formula is C27H28BrN3O. The lowest BCUT2D eigenvalue weighted by Gasteiger charge is -2.24. The topological polar surface area (TPSA) is 38.6 Å². The SMILES string of the molecule is Cc1ccc(-c2nc3ccc(Br)cn3c2NC2CCCCC2)cc1OCc1ccccc1. The van der Waals surface area contributed by atoms with Crippen molar-refractivity contribution in [3.8, 4) is 17.0 Å². The number of nitrogens with one attached hydrogen (secondary N) is 1. The van der Waals surface area contributed by atoms with Gasteiger partial charge in [0.2, 0.25) is 0 Å². The van der Waals surface area contributed by atoms with Gasteiger partial charge in [-0.2, -0.15) is 0 Å². The number of pyridine rings is 1. The summed E-state index contributed by atoms with van der Waals surface area (Å²) in [5.41, 5.74) is 5.26. The number of rotatable bonds is 6. The number of ether oxygens (including phenoxy) is 1. The summed E-state index contributed by atoms with van der Waals surface area (Å²) in [6.45, 7) is 2.64. The number of imidazole rings is 1. The van der Waals surface area contributed by atoms with Crippen LogP contribution in [0.3, 0.4) is 0 Å². The molecule has 0 saturated heterocycles. The molecule has 0 spiro atoms. The van der Waals surface area contributed by atoms with Gasteiger partial charge in [0.25, 0.3) is 0 Å². The summed E-state index contributed by atoms with van der Waals surface area (Å²) in [6.07, 6.45) is 8.42. The molecule has 32 heavy (non-hydrogen) atoms. The molecule has 0 atom stereocenters. The maximum Gasteiger partial charge on any atom is 0.139 e. The van der Waals surface area contributed by atoms with Crippen LogP contribution in [0.5, 0.6) is 5.75 Å². The highest BCUT2D eigenvalue weighted by Gasteiger charge is 2.20. The number of aromatic nitrogens is 2. The van der Waals surface area contributed by atoms with Crippen LogP contribution in [0.2, 0.25) is 0 Å². The van der Waals surface area contributed by atoms with Gasteiger partial charge >= 0.3 is 0 Å². The van der Waals surface area contributed by atoms with Gasteiger partial charge in [0.15, 0.2) is 0 Å². The molecule has 0 bridgehead atoms. The van der Waals surface area contributed by atoms with Gasteiger partial charge in [0, 0.05) is 22.3 Å². The number of hydrogen-bond donors (Lipinski definition) is 1. The van der Waals surface area contributed by atoms with Gasteiger partial charge < -0.3 is 10.1 Å². The van der Waals surface area contributed by atoms with E-state index in [4.69, 9.17) is 9.72 Å². The molecule has 1 N–H and O–H groups in total. The Morgan fingerprint density at radius 2 is 1.84 bits per heavy atom. The van der Waals surface area contributed by atoms with Crippen LogP contribution in [-0.2, 0) is 6.61 Å². The van der Waals surface area contributed by atoms with Crippen LogP contribution in [0, 0.1) is 6.92 Å². The van der Waals surface area contributed by atoms with Crippen molar-refractivity contribution in [1.82, 2.24) is 9.38 Å². The smallest absolute Gasteiger partial charge is 0.139 e. The van der Waals surface area contributed by atoms with Crippen molar-refractivity contribution in [1.29, 1.82) is 0 Å². The van der Waals surface area contributed by atoms with Crippen LogP contribution in [0.15, 0.2) is 71.3 Å². The van der Waals surface area contributed by atoms with Gasteiger partial charge in [-0.05, 0) is 65.0 Å². The summed E-state index contributed by atoms with van der Waals surface area (Å²) >= 11 is 3.62. The Hall–Kier alpha value is -2.79. The molecule has 0 amide bonds. The fourth-order valence-electron chi connectivity index (χ4n) is 4.44. The second-order valence-electron chi connectivity index (χ2n) is 8.62. The summed E-state index contributed by atoms with van der Waals surface area (Å²) in [7, 11) is 0. The molecule has 164 valence electrons. The molecule has 5 rings (SSSR count). The zero-order valence-electron chi connectivity index (χ0n) is 18.4. The normalized spacial score (nSPS) is 14.6. The summed E-state index contributed by atoms with van der Waals surface area (Å²) in [5, 5.41) is 3.83. The van der Waals surface area contributed by atoms with E-state index in [-0.39, 0.29) is 0 Å². The standard InChI is InChI=1S/C27H28BrN3O/c1-19-12-13-21(16-24(19)32-18-20-8-4-2-5-9-20)26-27(29-23-10-6-3-7-11-23)31-17-22(28)14-15-25(31)30-26/h2,4-5,8-9,12-17,23,29H,3,6-7,10-11,18H2,1H3. The van der Waals surface area contributed by atoms with Gasteiger partial charge in [-0.3, -0.25) is 4.40 Å². The van der Waals surface area contributed by atoms with Crippen molar-refractivity contribution in [2.75, 3.05) is 5.32 Å². The summed E-state index contributed by atoms with van der Waals surface area (Å²) < 4.78 is 9.41. The first-order valence-corrected chi connectivity index (χ1v) is 12.2. The number of nitrogens with zero attached hydrogens (tertiary/aromatic N) is 2. The third-order valence-corrected chi connectivity index (χ3v) is 6.70. The minimum Gasteiger partial charge on any atom is -0.489 e. The monoisotopic (exact) mass is 489 g/mol. The molecule has 1 fully saturated rings. The van der Waals surface area contributed by atoms with Crippen LogP contribution >= 0.6 is 15.9 Å². The highest BCUT2D eigenvalue weighted by Crippen LogP contribution is 2.35. The first-order chi connectivity index (χ1) is 15.7. The lowest BCUT2D eigenvalue weighted by molar-refractivity contribution is 0.304. The molecule has 0 unspecified atom stereocenters. The number of anilines is 1. The van der Waals surface area contributed by atoms with Crippen molar-refractivity contribution >= 4 is 27.4 Å². The van der Waals surface area contributed by atoms with Gasteiger partial charge in [-0.25, -0.2) is 4.98 Å². The number of benzene rings is 2. The maximum absolute atomic E-state index is 6.21. The fourth-order valence-corrected chi connectivity index (χ4v) is 4.77. The lowest BCUT2D eigenvalue weighted by atomic mass is 9.95. The second-order valence-corrected chi connectivity index (χ2v) is 9.53. The Morgan fingerprint density at radius 1 is 1.03 bits per heavy atom. The first-order valence-electron chi connectivity index (χ1n) is 11.4. The third-order valence-electron chi connectivity index (χ3n) is 6.23. The van der Waals surface area contributed by atoms with Crippen molar-refractivity contribution < 1.29 is 4.74 Å². The van der Waals surface area contributed by atoms with Crippen molar-refractivity contribution in [2.45, 2.75) is 51.7 Å². The average Bonchev–Trinajstić information content (AvgIpc) is 3.17. The lowest BCUT2D eigenvalue weighted by Crippen LogP contribution is -2.23. The molecule has 4 nitrogen and oxygen atoms in total. The second kappa shape index (κ2) is 9.37. The predicted octanol–water partition coefficient (Wildman–Crippen LogP) is 7.40. The van der Waals surface area contributed by atoms with Crippen LogP contribution in [-0.4, -0.2) is 15.4 Å². The molecule has 2 aromatic heterocycles. The van der Waals surface area contributed by atoms with Crippen LogP contribution in [0.25, 0.3) is 16.9 Å². The Kier molecular flexibility index (Phi) is 6.17. The molecule has 4 aromatic rings. The van der Waals surface area contributed by atoms with Crippen molar-refractivity contribution in [3.63, 3.8) is 0 Å². The van der Waals surface area contributed by atoms with E-state index in [0.29, 0.717) is 12.6 Å².